The van der Waals surface area contributed by atoms with Gasteiger partial charge >= 0.3 is 0 Å². The van der Waals surface area contributed by atoms with E-state index in [2.05, 4.69) is 4.98 Å². The Morgan fingerprint density at radius 3 is 2.85 bits per heavy atom. The molecule has 0 bridgehead atoms. The van der Waals surface area contributed by atoms with Gasteiger partial charge in [0.1, 0.15) is 6.61 Å². The minimum Gasteiger partial charge on any atom is -0.372 e. The molecule has 0 radical (unpaired) electrons. The first-order valence-corrected chi connectivity index (χ1v) is 9.64. The third kappa shape index (κ3) is 4.61. The van der Waals surface area contributed by atoms with Gasteiger partial charge in [0.25, 0.3) is 0 Å². The third-order valence-corrected chi connectivity index (χ3v) is 5.46. The highest BCUT2D eigenvalue weighted by molar-refractivity contribution is 5.78. The van der Waals surface area contributed by atoms with Crippen LogP contribution in [0, 0.1) is 5.41 Å². The molecule has 26 heavy (non-hydrogen) atoms. The summed E-state index contributed by atoms with van der Waals surface area (Å²) in [6, 6.07) is 3.91. The molecular formula is C20H29N3O3. The Morgan fingerprint density at radius 1 is 1.27 bits per heavy atom. The van der Waals surface area contributed by atoms with E-state index in [1.165, 1.54) is 0 Å². The number of rotatable bonds is 6. The van der Waals surface area contributed by atoms with Gasteiger partial charge in [0.15, 0.2) is 0 Å². The van der Waals surface area contributed by atoms with Crippen molar-refractivity contribution in [2.45, 2.75) is 45.6 Å². The number of piperidine rings is 2. The van der Waals surface area contributed by atoms with Crippen LogP contribution in [-0.4, -0.2) is 59.4 Å². The molecule has 1 atom stereocenters. The summed E-state index contributed by atoms with van der Waals surface area (Å²) in [7, 11) is 0. The molecule has 1 aromatic heterocycles. The van der Waals surface area contributed by atoms with Crippen molar-refractivity contribution in [3.8, 4) is 0 Å². The average molecular weight is 359 g/mol. The van der Waals surface area contributed by atoms with Crippen LogP contribution in [0.2, 0.25) is 0 Å². The highest BCUT2D eigenvalue weighted by Crippen LogP contribution is 2.39. The maximum absolute atomic E-state index is 12.4. The van der Waals surface area contributed by atoms with E-state index >= 15 is 0 Å². The Morgan fingerprint density at radius 2 is 2.08 bits per heavy atom. The standard InChI is InChI=1S/C20H29N3O3/c1-2-12-26-14-19(25)22-11-3-7-20(15-22)8-4-18(24)23(16-20)13-17-5-9-21-10-6-17/h5-6,9-10H,2-4,7-8,11-16H2,1H3/t20-/m1/s1. The van der Waals surface area contributed by atoms with Crippen molar-refractivity contribution in [3.05, 3.63) is 30.1 Å². The SMILES string of the molecule is CCCOCC(=O)N1CCC[C@@]2(CCC(=O)N(Cc3ccncc3)C2)C1. The zero-order chi connectivity index (χ0) is 18.4. The van der Waals surface area contributed by atoms with Gasteiger partial charge in [-0.25, -0.2) is 0 Å². The van der Waals surface area contributed by atoms with Crippen LogP contribution in [0.3, 0.4) is 0 Å². The third-order valence-electron chi connectivity index (χ3n) is 5.46. The predicted molar refractivity (Wildman–Crippen MR) is 98.2 cm³/mol. The van der Waals surface area contributed by atoms with Crippen LogP contribution in [0.5, 0.6) is 0 Å². The van der Waals surface area contributed by atoms with E-state index in [4.69, 9.17) is 4.74 Å². The molecule has 0 unspecified atom stereocenters. The number of aromatic nitrogens is 1. The molecule has 3 rings (SSSR count). The maximum atomic E-state index is 12.4. The van der Waals surface area contributed by atoms with E-state index in [0.29, 0.717) is 19.6 Å². The highest BCUT2D eigenvalue weighted by atomic mass is 16.5. The first kappa shape index (κ1) is 18.8. The zero-order valence-electron chi connectivity index (χ0n) is 15.7. The van der Waals surface area contributed by atoms with Crippen molar-refractivity contribution in [1.29, 1.82) is 0 Å². The molecule has 142 valence electrons. The fraction of sp³-hybridized carbons (Fsp3) is 0.650. The second-order valence-corrected chi connectivity index (χ2v) is 7.58. The van der Waals surface area contributed by atoms with Gasteiger partial charge < -0.3 is 14.5 Å². The van der Waals surface area contributed by atoms with Crippen LogP contribution >= 0.6 is 0 Å². The van der Waals surface area contributed by atoms with Crippen LogP contribution in [-0.2, 0) is 20.9 Å². The summed E-state index contributed by atoms with van der Waals surface area (Å²) in [5.74, 6) is 0.289. The second kappa shape index (κ2) is 8.62. The van der Waals surface area contributed by atoms with E-state index in [1.807, 2.05) is 28.9 Å². The number of hydrogen-bond acceptors (Lipinski definition) is 4. The molecule has 0 N–H and O–H groups in total. The van der Waals surface area contributed by atoms with E-state index < -0.39 is 0 Å². The van der Waals surface area contributed by atoms with Gasteiger partial charge in [0.2, 0.25) is 11.8 Å². The summed E-state index contributed by atoms with van der Waals surface area (Å²) in [6.07, 6.45) is 7.96. The van der Waals surface area contributed by atoms with Crippen LogP contribution in [0.4, 0.5) is 0 Å². The number of carbonyl (C=O) groups excluding carboxylic acids is 2. The van der Waals surface area contributed by atoms with Gasteiger partial charge in [-0.3, -0.25) is 14.6 Å². The molecule has 2 fully saturated rings. The van der Waals surface area contributed by atoms with E-state index in [-0.39, 0.29) is 23.8 Å². The molecule has 1 aromatic rings. The largest absolute Gasteiger partial charge is 0.372 e. The molecule has 1 spiro atoms. The fourth-order valence-electron chi connectivity index (χ4n) is 4.10. The van der Waals surface area contributed by atoms with Crippen molar-refractivity contribution < 1.29 is 14.3 Å². The molecule has 0 aliphatic carbocycles. The van der Waals surface area contributed by atoms with Gasteiger partial charge in [-0.15, -0.1) is 0 Å². The molecule has 6 nitrogen and oxygen atoms in total. The number of amides is 2. The van der Waals surface area contributed by atoms with E-state index in [9.17, 15) is 9.59 Å². The Bertz CT molecular complexity index is 622. The molecule has 2 amide bonds. The Balaban J connectivity index is 1.62. The molecular weight excluding hydrogens is 330 g/mol. The van der Waals surface area contributed by atoms with Crippen molar-refractivity contribution in [1.82, 2.24) is 14.8 Å². The summed E-state index contributed by atoms with van der Waals surface area (Å²) >= 11 is 0. The van der Waals surface area contributed by atoms with Gasteiger partial charge in [-0.2, -0.15) is 0 Å². The normalized spacial score (nSPS) is 23.5. The smallest absolute Gasteiger partial charge is 0.248 e. The van der Waals surface area contributed by atoms with Gasteiger partial charge in [0, 0.05) is 57.0 Å². The summed E-state index contributed by atoms with van der Waals surface area (Å²) in [5.41, 5.74) is 1.13. The number of pyridine rings is 1. The van der Waals surface area contributed by atoms with E-state index in [0.717, 1.165) is 50.9 Å². The number of carbonyl (C=O) groups is 2. The lowest BCUT2D eigenvalue weighted by Gasteiger charge is -2.48. The highest BCUT2D eigenvalue weighted by Gasteiger charge is 2.42. The molecule has 6 heteroatoms. The molecule has 2 saturated heterocycles. The minimum absolute atomic E-state index is 0.0274. The second-order valence-electron chi connectivity index (χ2n) is 7.58. The van der Waals surface area contributed by atoms with Gasteiger partial charge in [-0.05, 0) is 43.4 Å². The number of nitrogens with zero attached hydrogens (tertiary/aromatic N) is 3. The average Bonchev–Trinajstić information content (AvgIpc) is 2.66. The molecule has 2 aliphatic heterocycles. The summed E-state index contributed by atoms with van der Waals surface area (Å²) < 4.78 is 5.43. The van der Waals surface area contributed by atoms with Crippen molar-refractivity contribution in [2.75, 3.05) is 32.8 Å². The van der Waals surface area contributed by atoms with Crippen LogP contribution < -0.4 is 0 Å². The Labute approximate surface area is 155 Å². The number of hydrogen-bond donors (Lipinski definition) is 0. The number of likely N-dealkylation sites (tertiary alicyclic amines) is 2. The minimum atomic E-state index is 0.0274. The predicted octanol–water partition coefficient (Wildman–Crippen LogP) is 2.24. The fourth-order valence-corrected chi connectivity index (χ4v) is 4.10. The topological polar surface area (TPSA) is 62.7 Å². The van der Waals surface area contributed by atoms with Crippen molar-refractivity contribution in [3.63, 3.8) is 0 Å². The van der Waals surface area contributed by atoms with Gasteiger partial charge in [0.05, 0.1) is 0 Å². The summed E-state index contributed by atoms with van der Waals surface area (Å²) in [4.78, 5) is 32.8. The monoisotopic (exact) mass is 359 g/mol. The lowest BCUT2D eigenvalue weighted by molar-refractivity contribution is -0.145. The van der Waals surface area contributed by atoms with Crippen molar-refractivity contribution in [2.24, 2.45) is 5.41 Å². The Hall–Kier alpha value is -1.95. The molecule has 3 heterocycles. The quantitative estimate of drug-likeness (QED) is 0.731. The first-order chi connectivity index (χ1) is 12.6. The lowest BCUT2D eigenvalue weighted by Crippen LogP contribution is -2.55. The molecule has 2 aliphatic rings. The maximum Gasteiger partial charge on any atom is 0.248 e. The van der Waals surface area contributed by atoms with E-state index in [1.54, 1.807) is 12.4 Å². The van der Waals surface area contributed by atoms with Crippen molar-refractivity contribution >= 4 is 11.8 Å². The Kier molecular flexibility index (Phi) is 6.25. The van der Waals surface area contributed by atoms with Crippen LogP contribution in [0.15, 0.2) is 24.5 Å². The summed E-state index contributed by atoms with van der Waals surface area (Å²) in [5, 5.41) is 0. The molecule has 0 aromatic carbocycles. The zero-order valence-corrected chi connectivity index (χ0v) is 15.7. The van der Waals surface area contributed by atoms with Gasteiger partial charge in [-0.1, -0.05) is 6.92 Å². The number of ether oxygens (including phenoxy) is 1. The van der Waals surface area contributed by atoms with Crippen LogP contribution in [0.1, 0.15) is 44.6 Å². The molecule has 0 saturated carbocycles. The van der Waals surface area contributed by atoms with Crippen LogP contribution in [0.25, 0.3) is 0 Å². The first-order valence-electron chi connectivity index (χ1n) is 9.64. The lowest BCUT2D eigenvalue weighted by atomic mass is 9.73. The summed E-state index contributed by atoms with van der Waals surface area (Å²) in [6.45, 7) is 5.72.